The van der Waals surface area contributed by atoms with Gasteiger partial charge in [-0.05, 0) is 35.9 Å². The molecule has 0 saturated heterocycles. The number of nitrogens with zero attached hydrogens (tertiary/aromatic N) is 2. The quantitative estimate of drug-likeness (QED) is 0.520. The molecule has 1 heterocycles. The number of benzene rings is 2. The van der Waals surface area contributed by atoms with Crippen LogP contribution >= 0.6 is 15.9 Å². The second-order valence-electron chi connectivity index (χ2n) is 6.42. The summed E-state index contributed by atoms with van der Waals surface area (Å²) < 4.78 is 47.4. The Kier molecular flexibility index (Phi) is 5.44. The average molecular weight is 474 g/mol. The number of methoxy groups -OCH3 is 1. The number of nitro groups is 1. The molecule has 1 N–H and O–H groups in total. The highest BCUT2D eigenvalue weighted by Crippen LogP contribution is 2.47. The van der Waals surface area contributed by atoms with E-state index in [-0.39, 0.29) is 12.2 Å². The molecule has 7 nitrogen and oxygen atoms in total. The lowest BCUT2D eigenvalue weighted by molar-refractivity contribution is -0.503. The van der Waals surface area contributed by atoms with E-state index in [4.69, 9.17) is 4.74 Å². The van der Waals surface area contributed by atoms with Gasteiger partial charge in [0.05, 0.1) is 19.3 Å². The summed E-state index contributed by atoms with van der Waals surface area (Å²) in [6.45, 7) is -1.56. The lowest BCUT2D eigenvalue weighted by atomic mass is 9.85. The van der Waals surface area contributed by atoms with Gasteiger partial charge in [-0.1, -0.05) is 28.1 Å². The second-order valence-corrected chi connectivity index (χ2v) is 7.34. The predicted octanol–water partition coefficient (Wildman–Crippen LogP) is 4.22. The number of alkyl halides is 3. The van der Waals surface area contributed by atoms with Crippen LogP contribution in [0.15, 0.2) is 46.9 Å². The zero-order valence-corrected chi connectivity index (χ0v) is 16.6. The van der Waals surface area contributed by atoms with Crippen molar-refractivity contribution in [2.75, 3.05) is 18.6 Å². The number of carbonyl (C=O) groups excluding carboxylic acids is 1. The first kappa shape index (κ1) is 20.9. The van der Waals surface area contributed by atoms with Crippen LogP contribution in [-0.2, 0) is 12.1 Å². The van der Waals surface area contributed by atoms with Crippen molar-refractivity contribution in [3.8, 4) is 5.75 Å². The third kappa shape index (κ3) is 3.86. The maximum Gasteiger partial charge on any atom is 0.422 e. The molecule has 0 saturated carbocycles. The van der Waals surface area contributed by atoms with Crippen LogP contribution in [0.25, 0.3) is 0 Å². The number of carbonyl (C=O) groups is 1. The van der Waals surface area contributed by atoms with Gasteiger partial charge in [0.2, 0.25) is 12.1 Å². The van der Waals surface area contributed by atoms with E-state index < -0.39 is 34.8 Å². The molecule has 0 fully saturated rings. The fraction of sp³-hybridized carbons (Fsp3) is 0.278. The SMILES string of the molecule is COc1ccc(CN2C(=O)NC(C[N+](=O)[O-])(C(F)(F)F)c3cc(Br)ccc32)cc1. The van der Waals surface area contributed by atoms with E-state index in [0.29, 0.717) is 15.8 Å². The monoisotopic (exact) mass is 473 g/mol. The number of amides is 2. The summed E-state index contributed by atoms with van der Waals surface area (Å²) in [6.07, 6.45) is -5.09. The Morgan fingerprint density at radius 1 is 1.24 bits per heavy atom. The van der Waals surface area contributed by atoms with Crippen molar-refractivity contribution in [1.82, 2.24) is 5.32 Å². The molecule has 2 aromatic rings. The highest BCUT2D eigenvalue weighted by molar-refractivity contribution is 9.10. The summed E-state index contributed by atoms with van der Waals surface area (Å²) in [7, 11) is 1.49. The van der Waals surface area contributed by atoms with Gasteiger partial charge in [-0.25, -0.2) is 4.79 Å². The topological polar surface area (TPSA) is 84.7 Å². The van der Waals surface area contributed by atoms with E-state index in [2.05, 4.69) is 15.9 Å². The van der Waals surface area contributed by atoms with Gasteiger partial charge in [0.25, 0.3) is 0 Å². The normalized spacial score (nSPS) is 18.8. The fourth-order valence-corrected chi connectivity index (χ4v) is 3.58. The summed E-state index contributed by atoms with van der Waals surface area (Å²) in [5.41, 5.74) is -2.94. The first-order chi connectivity index (χ1) is 13.6. The molecular formula is C18H15BrF3N3O4. The van der Waals surface area contributed by atoms with Crippen molar-refractivity contribution >= 4 is 27.6 Å². The first-order valence-corrected chi connectivity index (χ1v) is 9.08. The van der Waals surface area contributed by atoms with Gasteiger partial charge in [-0.3, -0.25) is 15.0 Å². The van der Waals surface area contributed by atoms with Gasteiger partial charge >= 0.3 is 12.2 Å². The van der Waals surface area contributed by atoms with Gasteiger partial charge in [0, 0.05) is 15.0 Å². The third-order valence-corrected chi connectivity index (χ3v) is 5.12. The minimum absolute atomic E-state index is 0.0309. The van der Waals surface area contributed by atoms with Gasteiger partial charge in [0.15, 0.2) is 0 Å². The minimum atomic E-state index is -5.09. The first-order valence-electron chi connectivity index (χ1n) is 8.28. The van der Waals surface area contributed by atoms with Crippen molar-refractivity contribution in [3.63, 3.8) is 0 Å². The number of fused-ring (bicyclic) bond motifs is 1. The van der Waals surface area contributed by atoms with Crippen LogP contribution in [0.1, 0.15) is 11.1 Å². The Morgan fingerprint density at radius 3 is 2.45 bits per heavy atom. The molecular weight excluding hydrogens is 459 g/mol. The zero-order valence-electron chi connectivity index (χ0n) is 15.0. The highest BCUT2D eigenvalue weighted by atomic mass is 79.9. The highest BCUT2D eigenvalue weighted by Gasteiger charge is 2.64. The molecule has 0 aromatic heterocycles. The third-order valence-electron chi connectivity index (χ3n) is 4.62. The molecule has 154 valence electrons. The summed E-state index contributed by atoms with van der Waals surface area (Å²) in [5.74, 6) is 0.586. The number of nitrogens with one attached hydrogen (secondary N) is 1. The molecule has 2 amide bonds. The molecule has 1 unspecified atom stereocenters. The van der Waals surface area contributed by atoms with E-state index >= 15 is 0 Å². The van der Waals surface area contributed by atoms with E-state index in [1.165, 1.54) is 19.2 Å². The Bertz CT molecular complexity index is 952. The second kappa shape index (κ2) is 7.54. The summed E-state index contributed by atoms with van der Waals surface area (Å²) in [5, 5.41) is 12.9. The van der Waals surface area contributed by atoms with Crippen molar-refractivity contribution in [2.24, 2.45) is 0 Å². The average Bonchev–Trinajstić information content (AvgIpc) is 2.64. The summed E-state index contributed by atoms with van der Waals surface area (Å²) in [4.78, 5) is 23.8. The van der Waals surface area contributed by atoms with E-state index in [1.807, 2.05) is 5.32 Å². The Labute approximate surface area is 171 Å². The molecule has 0 spiro atoms. The molecule has 1 atom stereocenters. The zero-order chi connectivity index (χ0) is 21.4. The largest absolute Gasteiger partial charge is 0.497 e. The van der Waals surface area contributed by atoms with Crippen molar-refractivity contribution in [1.29, 1.82) is 0 Å². The van der Waals surface area contributed by atoms with Crippen LogP contribution in [0.3, 0.4) is 0 Å². The Balaban J connectivity index is 2.11. The van der Waals surface area contributed by atoms with Gasteiger partial charge in [-0.2, -0.15) is 13.2 Å². The van der Waals surface area contributed by atoms with E-state index in [1.54, 1.807) is 24.3 Å². The van der Waals surface area contributed by atoms with E-state index in [0.717, 1.165) is 11.0 Å². The van der Waals surface area contributed by atoms with Crippen LogP contribution < -0.4 is 15.0 Å². The molecule has 1 aliphatic rings. The number of hydrogen-bond donors (Lipinski definition) is 1. The number of urea groups is 1. The fourth-order valence-electron chi connectivity index (χ4n) is 3.21. The van der Waals surface area contributed by atoms with Gasteiger partial charge in [0.1, 0.15) is 5.75 Å². The molecule has 0 radical (unpaired) electrons. The van der Waals surface area contributed by atoms with Gasteiger partial charge < -0.3 is 10.1 Å². The molecule has 11 heteroatoms. The number of hydrogen-bond acceptors (Lipinski definition) is 4. The molecule has 3 rings (SSSR count). The van der Waals surface area contributed by atoms with Gasteiger partial charge in [-0.15, -0.1) is 0 Å². The molecule has 1 aliphatic heterocycles. The number of rotatable bonds is 5. The Hall–Kier alpha value is -2.82. The molecule has 0 bridgehead atoms. The molecule has 0 aliphatic carbocycles. The lowest BCUT2D eigenvalue weighted by Crippen LogP contribution is -2.65. The van der Waals surface area contributed by atoms with E-state index in [9.17, 15) is 28.1 Å². The molecule has 2 aromatic carbocycles. The maximum absolute atomic E-state index is 14.0. The predicted molar refractivity (Wildman–Crippen MR) is 101 cm³/mol. The Morgan fingerprint density at radius 2 is 1.90 bits per heavy atom. The molecule has 29 heavy (non-hydrogen) atoms. The van der Waals surface area contributed by atoms with Crippen LogP contribution in [0.4, 0.5) is 23.7 Å². The van der Waals surface area contributed by atoms with Crippen molar-refractivity contribution in [3.05, 3.63) is 68.2 Å². The summed E-state index contributed by atoms with van der Waals surface area (Å²) >= 11 is 3.11. The van der Waals surface area contributed by atoms with Crippen molar-refractivity contribution < 1.29 is 27.6 Å². The minimum Gasteiger partial charge on any atom is -0.497 e. The standard InChI is InChI=1S/C18H15BrF3N3O4/c1-29-13-5-2-11(3-6-13)9-24-15-7-4-12(19)8-14(15)17(10-25(27)28,18(20,21)22)23-16(24)26/h2-8H,9-10H2,1H3,(H,23,26). The summed E-state index contributed by atoms with van der Waals surface area (Å²) in [6, 6.07) is 9.55. The van der Waals surface area contributed by atoms with Crippen LogP contribution in [0.5, 0.6) is 5.75 Å². The van der Waals surface area contributed by atoms with Crippen LogP contribution in [0.2, 0.25) is 0 Å². The maximum atomic E-state index is 14.0. The number of ether oxygens (including phenoxy) is 1. The smallest absolute Gasteiger partial charge is 0.422 e. The number of halogens is 4. The lowest BCUT2D eigenvalue weighted by Gasteiger charge is -2.42. The number of anilines is 1. The van der Waals surface area contributed by atoms with Crippen LogP contribution in [0, 0.1) is 10.1 Å². The van der Waals surface area contributed by atoms with Crippen molar-refractivity contribution in [2.45, 2.75) is 18.3 Å². The van der Waals surface area contributed by atoms with Crippen LogP contribution in [-0.4, -0.2) is 30.8 Å².